The van der Waals surface area contributed by atoms with Crippen LogP contribution < -0.4 is 0 Å². The predicted molar refractivity (Wildman–Crippen MR) is 149 cm³/mol. The molecule has 0 aromatic heterocycles. The number of ether oxygens (including phenoxy) is 6. The molecule has 2 fully saturated rings. The fourth-order valence-corrected chi connectivity index (χ4v) is 7.96. The highest BCUT2D eigenvalue weighted by atomic mass is 16.6. The molecule has 1 aromatic rings. The highest BCUT2D eigenvalue weighted by Crippen LogP contribution is 2.62. The van der Waals surface area contributed by atoms with Crippen molar-refractivity contribution in [1.29, 1.82) is 0 Å². The third-order valence-corrected chi connectivity index (χ3v) is 9.61. The van der Waals surface area contributed by atoms with Gasteiger partial charge in [0.2, 0.25) is 0 Å². The quantitative estimate of drug-likeness (QED) is 0.317. The Hall–Kier alpha value is -3.82. The number of esters is 4. The van der Waals surface area contributed by atoms with Gasteiger partial charge in [-0.15, -0.1) is 0 Å². The van der Waals surface area contributed by atoms with Crippen molar-refractivity contribution in [3.63, 3.8) is 0 Å². The van der Waals surface area contributed by atoms with Gasteiger partial charge >= 0.3 is 23.9 Å². The molecule has 2 aliphatic carbocycles. The fraction of sp³-hybridized carbons (Fsp3) is 0.576. The molecule has 10 nitrogen and oxygen atoms in total. The maximum Gasteiger partial charge on any atom is 0.334 e. The summed E-state index contributed by atoms with van der Waals surface area (Å²) in [6.45, 7) is 11.2. The third kappa shape index (κ3) is 4.79. The summed E-state index contributed by atoms with van der Waals surface area (Å²) in [5.41, 5.74) is -2.80. The molecule has 0 spiro atoms. The summed E-state index contributed by atoms with van der Waals surface area (Å²) < 4.78 is 35.3. The first-order chi connectivity index (χ1) is 20.1. The van der Waals surface area contributed by atoms with Crippen LogP contribution >= 0.6 is 0 Å². The molecule has 0 N–H and O–H groups in total. The van der Waals surface area contributed by atoms with Crippen LogP contribution in [0.2, 0.25) is 0 Å². The van der Waals surface area contributed by atoms with Crippen molar-refractivity contribution in [3.05, 3.63) is 59.1 Å². The van der Waals surface area contributed by atoms with Crippen LogP contribution in [0, 0.1) is 28.1 Å². The Morgan fingerprint density at radius 2 is 1.05 bits per heavy atom. The van der Waals surface area contributed by atoms with Crippen LogP contribution in [0.25, 0.3) is 0 Å². The minimum absolute atomic E-state index is 0.00829. The smallest absolute Gasteiger partial charge is 0.334 e. The van der Waals surface area contributed by atoms with Gasteiger partial charge < -0.3 is 28.4 Å². The van der Waals surface area contributed by atoms with E-state index >= 15 is 0 Å². The number of carbonyl (C=O) groups excluding carboxylic acids is 4. The summed E-state index contributed by atoms with van der Waals surface area (Å²) in [6, 6.07) is 7.55. The van der Waals surface area contributed by atoms with E-state index in [1.165, 1.54) is 12.2 Å². The Morgan fingerprint density at radius 3 is 1.47 bits per heavy atom. The van der Waals surface area contributed by atoms with Crippen LogP contribution in [0.1, 0.15) is 65.5 Å². The molecule has 2 saturated carbocycles. The van der Waals surface area contributed by atoms with Crippen molar-refractivity contribution in [1.82, 2.24) is 0 Å². The lowest BCUT2D eigenvalue weighted by atomic mass is 9.51. The highest BCUT2D eigenvalue weighted by molar-refractivity contribution is 5.88. The topological polar surface area (TPSA) is 124 Å². The van der Waals surface area contributed by atoms with E-state index in [1.54, 1.807) is 27.7 Å². The average Bonchev–Trinajstić information content (AvgIpc) is 2.90. The van der Waals surface area contributed by atoms with Gasteiger partial charge in [-0.3, -0.25) is 9.59 Å². The van der Waals surface area contributed by atoms with Gasteiger partial charge in [-0.2, -0.15) is 0 Å². The molecule has 2 bridgehead atoms. The molecule has 10 heteroatoms. The first-order valence-electron chi connectivity index (χ1n) is 14.6. The van der Waals surface area contributed by atoms with Crippen LogP contribution in [0.3, 0.4) is 0 Å². The molecule has 6 atom stereocenters. The van der Waals surface area contributed by atoms with Crippen LogP contribution in [0.5, 0.6) is 0 Å². The van der Waals surface area contributed by atoms with Gasteiger partial charge in [0.15, 0.2) is 0 Å². The Bertz CT molecular complexity index is 1370. The van der Waals surface area contributed by atoms with E-state index in [-0.39, 0.29) is 39.3 Å². The van der Waals surface area contributed by atoms with E-state index in [0.29, 0.717) is 11.5 Å². The number of hydrogen-bond acceptors (Lipinski definition) is 10. The van der Waals surface area contributed by atoms with Crippen molar-refractivity contribution >= 4 is 23.9 Å². The van der Waals surface area contributed by atoms with Gasteiger partial charge in [0, 0.05) is 18.3 Å². The number of carbonyl (C=O) groups is 4. The Kier molecular flexibility index (Phi) is 6.53. The minimum atomic E-state index is -0.977. The molecule has 3 aliphatic heterocycles. The van der Waals surface area contributed by atoms with Gasteiger partial charge in [0.05, 0.1) is 48.0 Å². The van der Waals surface area contributed by atoms with Crippen molar-refractivity contribution in [2.45, 2.75) is 78.8 Å². The normalized spacial score (nSPS) is 38.7. The Balaban J connectivity index is 1.32. The zero-order valence-electron chi connectivity index (χ0n) is 25.4. The summed E-state index contributed by atoms with van der Waals surface area (Å²) >= 11 is 0. The molecule has 5 aliphatic rings. The van der Waals surface area contributed by atoms with Crippen LogP contribution in [0.15, 0.2) is 47.9 Å². The van der Waals surface area contributed by atoms with Gasteiger partial charge in [0.25, 0.3) is 0 Å². The van der Waals surface area contributed by atoms with Crippen molar-refractivity contribution in [3.8, 4) is 0 Å². The zero-order valence-corrected chi connectivity index (χ0v) is 25.4. The number of rotatable bonds is 0. The van der Waals surface area contributed by atoms with Gasteiger partial charge in [-0.1, -0.05) is 32.0 Å². The number of cyclic esters (lactones) is 2. The molecular formula is C33H38O10. The van der Waals surface area contributed by atoms with E-state index < -0.39 is 63.2 Å². The van der Waals surface area contributed by atoms with Crippen molar-refractivity contribution in [2.24, 2.45) is 28.1 Å². The average molecular weight is 595 g/mol. The fourth-order valence-electron chi connectivity index (χ4n) is 7.96. The molecule has 0 amide bonds. The summed E-state index contributed by atoms with van der Waals surface area (Å²) in [5.74, 6) is -2.19. The molecule has 0 saturated heterocycles. The molecule has 1 aromatic carbocycles. The number of benzene rings is 1. The monoisotopic (exact) mass is 594 g/mol. The third-order valence-electron chi connectivity index (χ3n) is 9.61. The highest BCUT2D eigenvalue weighted by Gasteiger charge is 2.70. The Labute approximate surface area is 250 Å². The SMILES string of the molecule is CC1(C)COC(=O)[C@]2(C)C[C@]3(C)OC(=O)C=C(OCc4cccc(c4)COC4=CC(=O)O[C@]5(C)C[C@](C)(C(=O)OC1)C45)C23. The van der Waals surface area contributed by atoms with E-state index in [9.17, 15) is 19.2 Å². The summed E-state index contributed by atoms with van der Waals surface area (Å²) in [7, 11) is 0. The maximum absolute atomic E-state index is 13.5. The molecular weight excluding hydrogens is 556 g/mol. The minimum Gasteiger partial charge on any atom is -0.492 e. The summed E-state index contributed by atoms with van der Waals surface area (Å²) in [4.78, 5) is 52.0. The molecule has 0 radical (unpaired) electrons. The molecule has 2 unspecified atom stereocenters. The van der Waals surface area contributed by atoms with E-state index in [2.05, 4.69) is 0 Å². The van der Waals surface area contributed by atoms with Gasteiger partial charge in [-0.05, 0) is 44.9 Å². The van der Waals surface area contributed by atoms with Crippen LogP contribution in [0.4, 0.5) is 0 Å². The number of fused-ring (bicyclic) bond motifs is 2. The van der Waals surface area contributed by atoms with E-state index in [0.717, 1.165) is 11.1 Å². The summed E-state index contributed by atoms with van der Waals surface area (Å²) in [5, 5.41) is 0. The first kappa shape index (κ1) is 29.3. The van der Waals surface area contributed by atoms with Gasteiger partial charge in [0.1, 0.15) is 35.9 Å². The van der Waals surface area contributed by atoms with E-state index in [4.69, 9.17) is 28.4 Å². The standard InChI is InChI=1S/C33H38O10/c1-29(2)17-40-27(36)30(3)15-32(5)25(30)21(11-23(34)42-32)38-13-19-8-7-9-20(10-19)14-39-22-12-24(35)43-33(6)16-31(4,26(22)33)28(37)41-18-29/h7-12,25-26H,13-18H2,1-6H3/t25?,26?,30-,31+,32+,33-. The predicted octanol–water partition coefficient (Wildman–Crippen LogP) is 4.30. The van der Waals surface area contributed by atoms with Crippen LogP contribution in [-0.2, 0) is 60.8 Å². The maximum atomic E-state index is 13.5. The second-order valence-electron chi connectivity index (χ2n) is 14.3. The second-order valence-corrected chi connectivity index (χ2v) is 14.3. The second kappa shape index (κ2) is 9.59. The zero-order chi connectivity index (χ0) is 31.0. The molecule has 43 heavy (non-hydrogen) atoms. The Morgan fingerprint density at radius 1 is 0.628 bits per heavy atom. The van der Waals surface area contributed by atoms with Crippen molar-refractivity contribution in [2.75, 3.05) is 13.2 Å². The van der Waals surface area contributed by atoms with Crippen LogP contribution in [-0.4, -0.2) is 48.3 Å². The van der Waals surface area contributed by atoms with Crippen molar-refractivity contribution < 1.29 is 47.6 Å². The lowest BCUT2D eigenvalue weighted by molar-refractivity contribution is -0.230. The molecule has 230 valence electrons. The largest absolute Gasteiger partial charge is 0.492 e. The van der Waals surface area contributed by atoms with Gasteiger partial charge in [-0.25, -0.2) is 9.59 Å². The first-order valence-corrected chi connectivity index (χ1v) is 14.6. The van der Waals surface area contributed by atoms with E-state index in [1.807, 2.05) is 38.1 Å². The molecule has 6 rings (SSSR count). The molecule has 3 heterocycles. The summed E-state index contributed by atoms with van der Waals surface area (Å²) in [6.07, 6.45) is 3.19. The lowest BCUT2D eigenvalue weighted by Crippen LogP contribution is -2.66. The number of hydrogen-bond donors (Lipinski definition) is 0. The lowest BCUT2D eigenvalue weighted by Gasteiger charge is -2.58.